The number of ether oxygens (including phenoxy) is 1. The molecule has 1 N–H and O–H groups in total. The molecule has 0 bridgehead atoms. The van der Waals surface area contributed by atoms with Crippen molar-refractivity contribution in [1.29, 1.82) is 0 Å². The van der Waals surface area contributed by atoms with Crippen LogP contribution in [0.15, 0.2) is 41.3 Å². The van der Waals surface area contributed by atoms with Crippen molar-refractivity contribution in [3.63, 3.8) is 0 Å². The molecule has 0 saturated carbocycles. The molecule has 0 unspecified atom stereocenters. The van der Waals surface area contributed by atoms with Gasteiger partial charge in [0.05, 0.1) is 15.6 Å². The van der Waals surface area contributed by atoms with Gasteiger partial charge in [0.1, 0.15) is 12.3 Å². The van der Waals surface area contributed by atoms with Crippen molar-refractivity contribution in [2.24, 2.45) is 0 Å². The molecule has 1 aliphatic heterocycles. The van der Waals surface area contributed by atoms with Gasteiger partial charge < -0.3 is 10.1 Å². The number of thioether (sulfide) groups is 1. The number of nitrogens with one attached hydrogen (secondary N) is 1. The average molecular weight is 522 g/mol. The van der Waals surface area contributed by atoms with Crippen molar-refractivity contribution in [3.8, 4) is 5.75 Å². The number of rotatable bonds is 5. The minimum absolute atomic E-state index is 0.288. The smallest absolute Gasteiger partial charge is 0.294 e. The van der Waals surface area contributed by atoms with E-state index in [1.807, 2.05) is 38.1 Å². The molecule has 8 heteroatoms. The monoisotopic (exact) mass is 522 g/mol. The molecule has 0 aliphatic carbocycles. The maximum atomic E-state index is 12.6. The predicted molar refractivity (Wildman–Crippen MR) is 123 cm³/mol. The quantitative estimate of drug-likeness (QED) is 0.460. The molecule has 0 aromatic heterocycles. The summed E-state index contributed by atoms with van der Waals surface area (Å²) in [5.74, 6) is -0.151. The third kappa shape index (κ3) is 4.81. The van der Waals surface area contributed by atoms with Crippen LogP contribution in [-0.4, -0.2) is 35.6 Å². The van der Waals surface area contributed by atoms with Crippen molar-refractivity contribution in [2.75, 3.05) is 19.0 Å². The van der Waals surface area contributed by atoms with E-state index in [1.54, 1.807) is 25.3 Å². The Labute approximate surface area is 186 Å². The van der Waals surface area contributed by atoms with Gasteiger partial charge in [-0.2, -0.15) is 0 Å². The fraction of sp³-hybridized carbons (Fsp3) is 0.190. The third-order valence-corrected chi connectivity index (χ3v) is 6.28. The van der Waals surface area contributed by atoms with Crippen LogP contribution < -0.4 is 10.1 Å². The van der Waals surface area contributed by atoms with Gasteiger partial charge in [-0.15, -0.1) is 0 Å². The lowest BCUT2D eigenvalue weighted by atomic mass is 10.1. The SMILES string of the molecule is COc1ccc(/C=C2\SC(=O)N(CC(=O)Nc3cccc(C)c3C)C2=O)cc1I. The number of nitrogens with zero attached hydrogens (tertiary/aromatic N) is 1. The van der Waals surface area contributed by atoms with Crippen LogP contribution in [0.1, 0.15) is 16.7 Å². The Hall–Kier alpha value is -2.33. The maximum Gasteiger partial charge on any atom is 0.294 e. The number of halogens is 1. The highest BCUT2D eigenvalue weighted by Crippen LogP contribution is 2.33. The Bertz CT molecular complexity index is 1040. The van der Waals surface area contributed by atoms with Crippen molar-refractivity contribution < 1.29 is 19.1 Å². The second kappa shape index (κ2) is 9.00. The summed E-state index contributed by atoms with van der Waals surface area (Å²) in [7, 11) is 1.59. The van der Waals surface area contributed by atoms with E-state index >= 15 is 0 Å². The molecule has 1 saturated heterocycles. The summed E-state index contributed by atoms with van der Waals surface area (Å²) in [6.07, 6.45) is 1.65. The number of benzene rings is 2. The lowest BCUT2D eigenvalue weighted by molar-refractivity contribution is -0.127. The number of aryl methyl sites for hydroxylation is 1. The van der Waals surface area contributed by atoms with E-state index in [1.165, 1.54) is 0 Å². The van der Waals surface area contributed by atoms with Gasteiger partial charge in [-0.25, -0.2) is 0 Å². The first kappa shape index (κ1) is 21.4. The highest BCUT2D eigenvalue weighted by molar-refractivity contribution is 14.1. The summed E-state index contributed by atoms with van der Waals surface area (Å²) in [5, 5.41) is 2.32. The first-order valence-electron chi connectivity index (χ1n) is 8.75. The molecule has 2 aromatic carbocycles. The molecule has 3 rings (SSSR count). The molecule has 0 radical (unpaired) electrons. The lowest BCUT2D eigenvalue weighted by Gasteiger charge is -2.14. The van der Waals surface area contributed by atoms with Gasteiger partial charge in [0.2, 0.25) is 5.91 Å². The van der Waals surface area contributed by atoms with Gasteiger partial charge in [-0.05, 0) is 89.2 Å². The summed E-state index contributed by atoms with van der Waals surface area (Å²) < 4.78 is 6.12. The minimum Gasteiger partial charge on any atom is -0.496 e. The van der Waals surface area contributed by atoms with Crippen LogP contribution in [0, 0.1) is 17.4 Å². The number of imide groups is 1. The van der Waals surface area contributed by atoms with Crippen LogP contribution in [0.2, 0.25) is 0 Å². The maximum absolute atomic E-state index is 12.6. The summed E-state index contributed by atoms with van der Waals surface area (Å²) in [4.78, 5) is 38.6. The van der Waals surface area contributed by atoms with Gasteiger partial charge in [0, 0.05) is 5.69 Å². The van der Waals surface area contributed by atoms with E-state index in [-0.39, 0.29) is 11.4 Å². The lowest BCUT2D eigenvalue weighted by Crippen LogP contribution is -2.36. The Morgan fingerprint density at radius 1 is 1.24 bits per heavy atom. The van der Waals surface area contributed by atoms with E-state index in [4.69, 9.17) is 4.74 Å². The van der Waals surface area contributed by atoms with E-state index < -0.39 is 17.1 Å². The topological polar surface area (TPSA) is 75.7 Å². The van der Waals surface area contributed by atoms with Crippen LogP contribution in [-0.2, 0) is 9.59 Å². The zero-order chi connectivity index (χ0) is 21.1. The molecule has 2 aromatic rings. The van der Waals surface area contributed by atoms with Gasteiger partial charge >= 0.3 is 0 Å². The van der Waals surface area contributed by atoms with Gasteiger partial charge in [0.15, 0.2) is 0 Å². The van der Waals surface area contributed by atoms with Gasteiger partial charge in [-0.3, -0.25) is 19.3 Å². The molecular weight excluding hydrogens is 503 g/mol. The molecule has 6 nitrogen and oxygen atoms in total. The normalized spacial score (nSPS) is 15.2. The van der Waals surface area contributed by atoms with Crippen LogP contribution in [0.3, 0.4) is 0 Å². The molecule has 29 heavy (non-hydrogen) atoms. The van der Waals surface area contributed by atoms with Crippen molar-refractivity contribution >= 4 is 63.2 Å². The highest BCUT2D eigenvalue weighted by Gasteiger charge is 2.36. The van der Waals surface area contributed by atoms with Crippen molar-refractivity contribution in [1.82, 2.24) is 4.90 Å². The molecule has 150 valence electrons. The number of hydrogen-bond acceptors (Lipinski definition) is 5. The highest BCUT2D eigenvalue weighted by atomic mass is 127. The van der Waals surface area contributed by atoms with Crippen molar-refractivity contribution in [2.45, 2.75) is 13.8 Å². The third-order valence-electron chi connectivity index (χ3n) is 4.53. The van der Waals surface area contributed by atoms with Crippen molar-refractivity contribution in [3.05, 3.63) is 61.6 Å². The number of carbonyl (C=O) groups excluding carboxylic acids is 3. The Morgan fingerprint density at radius 3 is 2.69 bits per heavy atom. The molecule has 1 heterocycles. The zero-order valence-corrected chi connectivity index (χ0v) is 19.1. The van der Waals surface area contributed by atoms with Crippen LogP contribution >= 0.6 is 34.4 Å². The largest absolute Gasteiger partial charge is 0.496 e. The number of methoxy groups -OCH3 is 1. The second-order valence-corrected chi connectivity index (χ2v) is 8.61. The molecule has 1 aliphatic rings. The van der Waals surface area contributed by atoms with Gasteiger partial charge in [0.25, 0.3) is 11.1 Å². The number of hydrogen-bond donors (Lipinski definition) is 1. The Kier molecular flexibility index (Phi) is 6.63. The zero-order valence-electron chi connectivity index (χ0n) is 16.1. The van der Waals surface area contributed by atoms with Crippen LogP contribution in [0.4, 0.5) is 10.5 Å². The number of anilines is 1. The second-order valence-electron chi connectivity index (χ2n) is 6.46. The Balaban J connectivity index is 1.72. The van der Waals surface area contributed by atoms with E-state index in [9.17, 15) is 14.4 Å². The first-order chi connectivity index (χ1) is 13.8. The van der Waals surface area contributed by atoms with Crippen LogP contribution in [0.25, 0.3) is 6.08 Å². The van der Waals surface area contributed by atoms with Gasteiger partial charge in [-0.1, -0.05) is 18.2 Å². The number of carbonyl (C=O) groups is 3. The fourth-order valence-corrected chi connectivity index (χ4v) is 4.38. The summed E-state index contributed by atoms with van der Waals surface area (Å²) in [5.41, 5.74) is 3.45. The summed E-state index contributed by atoms with van der Waals surface area (Å²) in [6.45, 7) is 3.53. The van der Waals surface area contributed by atoms with Crippen LogP contribution in [0.5, 0.6) is 5.75 Å². The fourth-order valence-electron chi connectivity index (χ4n) is 2.78. The molecule has 0 atom stereocenters. The molecule has 1 fully saturated rings. The van der Waals surface area contributed by atoms with E-state index in [0.29, 0.717) is 5.69 Å². The average Bonchev–Trinajstić information content (AvgIpc) is 2.93. The molecule has 0 spiro atoms. The molecule has 3 amide bonds. The standard InChI is InChI=1S/C21H19IN2O4S/c1-12-5-4-6-16(13(12)2)23-19(25)11-24-20(26)18(29-21(24)27)10-14-7-8-17(28-3)15(22)9-14/h4-10H,11H2,1-3H3,(H,23,25)/b18-10-. The number of amides is 3. The molecular formula is C21H19IN2O4S. The minimum atomic E-state index is -0.470. The van der Waals surface area contributed by atoms with E-state index in [2.05, 4.69) is 27.9 Å². The summed E-state index contributed by atoms with van der Waals surface area (Å²) in [6, 6.07) is 11.1. The summed E-state index contributed by atoms with van der Waals surface area (Å²) >= 11 is 2.97. The first-order valence-corrected chi connectivity index (χ1v) is 10.6. The Morgan fingerprint density at radius 2 is 2.00 bits per heavy atom. The van der Waals surface area contributed by atoms with E-state index in [0.717, 1.165) is 42.7 Å². The predicted octanol–water partition coefficient (Wildman–Crippen LogP) is 4.59.